The van der Waals surface area contributed by atoms with Gasteiger partial charge in [-0.05, 0) is 31.0 Å². The minimum absolute atomic E-state index is 0.288. The molecule has 0 saturated heterocycles. The molecule has 1 N–H and O–H groups in total. The summed E-state index contributed by atoms with van der Waals surface area (Å²) in [5.74, 6) is -0.288. The van der Waals surface area contributed by atoms with Crippen molar-refractivity contribution >= 4 is 15.9 Å². The van der Waals surface area contributed by atoms with Crippen LogP contribution in [0.3, 0.4) is 0 Å². The molecule has 2 rings (SSSR count). The van der Waals surface area contributed by atoms with Crippen molar-refractivity contribution in [3.8, 4) is 0 Å². The van der Waals surface area contributed by atoms with Crippen LogP contribution in [0.5, 0.6) is 0 Å². The topological polar surface area (TPSA) is 20.2 Å². The van der Waals surface area contributed by atoms with Gasteiger partial charge in [-0.1, -0.05) is 28.8 Å². The van der Waals surface area contributed by atoms with Crippen molar-refractivity contribution in [2.75, 3.05) is 0 Å². The zero-order valence-electron chi connectivity index (χ0n) is 7.76. The highest BCUT2D eigenvalue weighted by atomic mass is 79.9. The van der Waals surface area contributed by atoms with E-state index in [9.17, 15) is 9.50 Å². The van der Waals surface area contributed by atoms with Crippen LogP contribution in [0.2, 0.25) is 0 Å². The first kappa shape index (κ1) is 10.1. The second kappa shape index (κ2) is 3.63. The molecule has 76 valence electrons. The average molecular weight is 259 g/mol. The van der Waals surface area contributed by atoms with Crippen molar-refractivity contribution in [3.63, 3.8) is 0 Å². The maximum Gasteiger partial charge on any atom is 0.123 e. The monoisotopic (exact) mass is 258 g/mol. The van der Waals surface area contributed by atoms with E-state index in [2.05, 4.69) is 15.9 Å². The van der Waals surface area contributed by atoms with Crippen molar-refractivity contribution in [1.82, 2.24) is 0 Å². The quantitative estimate of drug-likeness (QED) is 0.819. The highest BCUT2D eigenvalue weighted by Gasteiger charge is 2.34. The largest absolute Gasteiger partial charge is 0.385 e. The summed E-state index contributed by atoms with van der Waals surface area (Å²) in [6.45, 7) is 0. The second-order valence-electron chi connectivity index (χ2n) is 3.86. The van der Waals surface area contributed by atoms with Gasteiger partial charge in [0.2, 0.25) is 0 Å². The Kier molecular flexibility index (Phi) is 2.62. The number of hydrogen-bond acceptors (Lipinski definition) is 1. The summed E-state index contributed by atoms with van der Waals surface area (Å²) >= 11 is 3.35. The fourth-order valence-electron chi connectivity index (χ4n) is 2.08. The van der Waals surface area contributed by atoms with Gasteiger partial charge in [-0.2, -0.15) is 0 Å². The molecule has 1 aromatic carbocycles. The molecule has 0 bridgehead atoms. The predicted molar refractivity (Wildman–Crippen MR) is 56.5 cm³/mol. The average Bonchev–Trinajstić information content (AvgIpc) is 2.58. The lowest BCUT2D eigenvalue weighted by atomic mass is 9.92. The van der Waals surface area contributed by atoms with E-state index < -0.39 is 5.60 Å². The fraction of sp³-hybridized carbons (Fsp3) is 0.455. The van der Waals surface area contributed by atoms with Crippen LogP contribution in [0.4, 0.5) is 4.39 Å². The molecular formula is C11H12BrFO. The fourth-order valence-corrected chi connectivity index (χ4v) is 2.70. The summed E-state index contributed by atoms with van der Waals surface area (Å²) in [7, 11) is 0. The van der Waals surface area contributed by atoms with Gasteiger partial charge in [-0.15, -0.1) is 0 Å². The molecule has 0 radical (unpaired) electrons. The highest BCUT2D eigenvalue weighted by Crippen LogP contribution is 2.41. The van der Waals surface area contributed by atoms with Crippen LogP contribution in [0, 0.1) is 5.82 Å². The van der Waals surface area contributed by atoms with E-state index in [4.69, 9.17) is 0 Å². The van der Waals surface area contributed by atoms with Crippen LogP contribution in [-0.4, -0.2) is 5.11 Å². The van der Waals surface area contributed by atoms with Crippen molar-refractivity contribution in [2.45, 2.75) is 31.3 Å². The molecule has 1 nitrogen and oxygen atoms in total. The first-order valence-electron chi connectivity index (χ1n) is 4.80. The number of aliphatic hydroxyl groups is 1. The molecule has 0 atom stereocenters. The van der Waals surface area contributed by atoms with Gasteiger partial charge in [0.25, 0.3) is 0 Å². The third-order valence-corrected chi connectivity index (χ3v) is 3.55. The van der Waals surface area contributed by atoms with E-state index in [0.717, 1.165) is 30.2 Å². The predicted octanol–water partition coefficient (Wildman–Crippen LogP) is 3.35. The van der Waals surface area contributed by atoms with Gasteiger partial charge in [0.05, 0.1) is 5.60 Å². The van der Waals surface area contributed by atoms with Crippen molar-refractivity contribution in [1.29, 1.82) is 0 Å². The third kappa shape index (κ3) is 1.71. The Balaban J connectivity index is 2.44. The van der Waals surface area contributed by atoms with Crippen LogP contribution in [-0.2, 0) is 5.60 Å². The maximum absolute atomic E-state index is 13.0. The van der Waals surface area contributed by atoms with Crippen LogP contribution < -0.4 is 0 Å². The van der Waals surface area contributed by atoms with Gasteiger partial charge in [0.15, 0.2) is 0 Å². The van der Waals surface area contributed by atoms with Crippen LogP contribution in [0.25, 0.3) is 0 Å². The lowest BCUT2D eigenvalue weighted by Crippen LogP contribution is -2.21. The van der Waals surface area contributed by atoms with Crippen LogP contribution in [0.15, 0.2) is 22.7 Å². The molecule has 1 fully saturated rings. The van der Waals surface area contributed by atoms with Gasteiger partial charge in [-0.3, -0.25) is 0 Å². The molecule has 0 heterocycles. The molecule has 0 aromatic heterocycles. The molecule has 14 heavy (non-hydrogen) atoms. The smallest absolute Gasteiger partial charge is 0.123 e. The Morgan fingerprint density at radius 3 is 2.57 bits per heavy atom. The summed E-state index contributed by atoms with van der Waals surface area (Å²) in [5, 5.41) is 10.3. The van der Waals surface area contributed by atoms with E-state index in [-0.39, 0.29) is 5.82 Å². The Labute approximate surface area is 91.1 Å². The molecule has 3 heteroatoms. The minimum atomic E-state index is -0.819. The van der Waals surface area contributed by atoms with Crippen molar-refractivity contribution in [2.24, 2.45) is 0 Å². The number of benzene rings is 1. The molecule has 1 aromatic rings. The molecule has 0 aliphatic heterocycles. The highest BCUT2D eigenvalue weighted by molar-refractivity contribution is 9.10. The molecule has 1 aliphatic carbocycles. The Morgan fingerprint density at radius 2 is 1.93 bits per heavy atom. The Morgan fingerprint density at radius 1 is 1.29 bits per heavy atom. The van der Waals surface area contributed by atoms with E-state index in [1.54, 1.807) is 6.07 Å². The zero-order chi connectivity index (χ0) is 10.2. The van der Waals surface area contributed by atoms with E-state index >= 15 is 0 Å². The molecule has 1 aliphatic rings. The summed E-state index contributed by atoms with van der Waals surface area (Å²) in [6.07, 6.45) is 3.49. The normalized spacial score (nSPS) is 19.9. The molecule has 0 amide bonds. The lowest BCUT2D eigenvalue weighted by molar-refractivity contribution is 0.0434. The van der Waals surface area contributed by atoms with Crippen molar-refractivity contribution in [3.05, 3.63) is 34.1 Å². The standard InChI is InChI=1S/C11H12BrFO/c12-10-4-3-8(13)7-9(10)11(14)5-1-2-6-11/h3-4,7,14H,1-2,5-6H2. The number of rotatable bonds is 1. The number of hydrogen-bond donors (Lipinski definition) is 1. The Bertz CT molecular complexity index is 345. The molecule has 0 unspecified atom stereocenters. The number of halogens is 2. The summed E-state index contributed by atoms with van der Waals surface area (Å²) in [6, 6.07) is 4.47. The minimum Gasteiger partial charge on any atom is -0.385 e. The van der Waals surface area contributed by atoms with Crippen LogP contribution >= 0.6 is 15.9 Å². The first-order valence-corrected chi connectivity index (χ1v) is 5.59. The summed E-state index contributed by atoms with van der Waals surface area (Å²) in [4.78, 5) is 0. The zero-order valence-corrected chi connectivity index (χ0v) is 9.35. The van der Waals surface area contributed by atoms with E-state index in [0.29, 0.717) is 5.56 Å². The van der Waals surface area contributed by atoms with E-state index in [1.165, 1.54) is 12.1 Å². The molecular weight excluding hydrogens is 247 g/mol. The third-order valence-electron chi connectivity index (χ3n) is 2.86. The summed E-state index contributed by atoms with van der Waals surface area (Å²) in [5.41, 5.74) is -0.129. The van der Waals surface area contributed by atoms with Gasteiger partial charge in [-0.25, -0.2) is 4.39 Å². The second-order valence-corrected chi connectivity index (χ2v) is 4.72. The SMILES string of the molecule is OC1(c2cc(F)ccc2Br)CCCC1. The molecule has 1 saturated carbocycles. The van der Waals surface area contributed by atoms with Crippen molar-refractivity contribution < 1.29 is 9.50 Å². The van der Waals surface area contributed by atoms with E-state index in [1.807, 2.05) is 0 Å². The van der Waals surface area contributed by atoms with Gasteiger partial charge >= 0.3 is 0 Å². The van der Waals surface area contributed by atoms with Gasteiger partial charge in [0.1, 0.15) is 5.82 Å². The van der Waals surface area contributed by atoms with Crippen LogP contribution in [0.1, 0.15) is 31.2 Å². The van der Waals surface area contributed by atoms with Gasteiger partial charge < -0.3 is 5.11 Å². The van der Waals surface area contributed by atoms with Gasteiger partial charge in [0, 0.05) is 10.0 Å². The summed E-state index contributed by atoms with van der Waals surface area (Å²) < 4.78 is 13.8. The maximum atomic E-state index is 13.0. The molecule has 0 spiro atoms. The first-order chi connectivity index (χ1) is 6.62. The Hall–Kier alpha value is -0.410. The lowest BCUT2D eigenvalue weighted by Gasteiger charge is -2.23.